The van der Waals surface area contributed by atoms with E-state index in [1.54, 1.807) is 0 Å². The first-order valence-corrected chi connectivity index (χ1v) is 9.66. The van der Waals surface area contributed by atoms with Crippen LogP contribution in [-0.2, 0) is 0 Å². The van der Waals surface area contributed by atoms with Gasteiger partial charge in [-0.05, 0) is 44.2 Å². The molecule has 1 N–H and O–H groups in total. The molecule has 1 aromatic carbocycles. The van der Waals surface area contributed by atoms with E-state index < -0.39 is 0 Å². The van der Waals surface area contributed by atoms with Crippen molar-refractivity contribution in [3.05, 3.63) is 65.0 Å². The molecule has 0 bridgehead atoms. The van der Waals surface area contributed by atoms with Gasteiger partial charge in [-0.15, -0.1) is 0 Å². The van der Waals surface area contributed by atoms with Gasteiger partial charge in [0.05, 0.1) is 23.0 Å². The average molecular weight is 374 g/mol. The van der Waals surface area contributed by atoms with Crippen LogP contribution in [0.4, 0.5) is 5.69 Å². The molecule has 0 spiro atoms. The Morgan fingerprint density at radius 3 is 2.96 bits per heavy atom. The third kappa shape index (κ3) is 3.05. The van der Waals surface area contributed by atoms with E-state index >= 15 is 0 Å². The van der Waals surface area contributed by atoms with Gasteiger partial charge >= 0.3 is 5.63 Å². The van der Waals surface area contributed by atoms with Gasteiger partial charge in [0.1, 0.15) is 5.58 Å². The van der Waals surface area contributed by atoms with Crippen LogP contribution in [0, 0.1) is 6.92 Å². The Bertz CT molecular complexity index is 1220. The molecule has 6 heteroatoms. The number of nitrogens with one attached hydrogen (secondary N) is 1. The lowest BCUT2D eigenvalue weighted by Crippen LogP contribution is -2.27. The Morgan fingerprint density at radius 1 is 1.11 bits per heavy atom. The van der Waals surface area contributed by atoms with Crippen LogP contribution in [0.2, 0.25) is 0 Å². The van der Waals surface area contributed by atoms with Crippen molar-refractivity contribution in [1.29, 1.82) is 0 Å². The predicted molar refractivity (Wildman–Crippen MR) is 111 cm³/mol. The molecule has 1 saturated heterocycles. The Kier molecular flexibility index (Phi) is 4.13. The standard InChI is InChI=1S/C22H22N4O2/c1-15-13-26-14-17(9-19(26)12-24-15)20-10-16-3-4-18(11-21(16)28-22(20)27)25-7-2-5-23-6-8-25/h3-4,9-14,23H,2,5-8H2,1H3. The van der Waals surface area contributed by atoms with E-state index in [4.69, 9.17) is 4.42 Å². The molecule has 1 aliphatic heterocycles. The predicted octanol–water partition coefficient (Wildman–Crippen LogP) is 3.22. The maximum atomic E-state index is 12.7. The van der Waals surface area contributed by atoms with Gasteiger partial charge in [-0.25, -0.2) is 4.79 Å². The Morgan fingerprint density at radius 2 is 2.04 bits per heavy atom. The molecule has 0 saturated carbocycles. The quantitative estimate of drug-likeness (QED) is 0.546. The van der Waals surface area contributed by atoms with Crippen molar-refractivity contribution in [3.8, 4) is 11.1 Å². The number of benzene rings is 1. The van der Waals surface area contributed by atoms with Gasteiger partial charge in [0, 0.05) is 54.7 Å². The van der Waals surface area contributed by atoms with Crippen LogP contribution in [0.15, 0.2) is 58.1 Å². The second-order valence-corrected chi connectivity index (χ2v) is 7.35. The van der Waals surface area contributed by atoms with E-state index in [9.17, 15) is 4.79 Å². The largest absolute Gasteiger partial charge is 0.422 e. The molecule has 1 aliphatic rings. The normalized spacial score (nSPS) is 15.2. The zero-order valence-corrected chi connectivity index (χ0v) is 15.8. The van der Waals surface area contributed by atoms with Crippen molar-refractivity contribution in [2.75, 3.05) is 31.1 Å². The number of rotatable bonds is 2. The number of fused-ring (bicyclic) bond motifs is 2. The summed E-state index contributed by atoms with van der Waals surface area (Å²) in [5, 5.41) is 4.34. The van der Waals surface area contributed by atoms with Crippen molar-refractivity contribution >= 4 is 22.2 Å². The summed E-state index contributed by atoms with van der Waals surface area (Å²) in [6.07, 6.45) is 6.81. The third-order valence-electron chi connectivity index (χ3n) is 5.34. The first-order chi connectivity index (χ1) is 13.7. The number of aromatic nitrogens is 2. The second kappa shape index (κ2) is 6.80. The summed E-state index contributed by atoms with van der Waals surface area (Å²) in [5.74, 6) is 0. The van der Waals surface area contributed by atoms with Crippen molar-refractivity contribution in [1.82, 2.24) is 14.7 Å². The van der Waals surface area contributed by atoms with Crippen LogP contribution in [0.5, 0.6) is 0 Å². The van der Waals surface area contributed by atoms with Gasteiger partial charge in [0.2, 0.25) is 0 Å². The van der Waals surface area contributed by atoms with Gasteiger partial charge < -0.3 is 19.0 Å². The van der Waals surface area contributed by atoms with Crippen molar-refractivity contribution in [2.45, 2.75) is 13.3 Å². The van der Waals surface area contributed by atoms with Crippen LogP contribution in [0.25, 0.3) is 27.6 Å². The molecule has 0 radical (unpaired) electrons. The van der Waals surface area contributed by atoms with Crippen LogP contribution in [-0.4, -0.2) is 35.6 Å². The number of aryl methyl sites for hydroxylation is 1. The molecule has 6 nitrogen and oxygen atoms in total. The summed E-state index contributed by atoms with van der Waals surface area (Å²) >= 11 is 0. The number of hydrogen-bond donors (Lipinski definition) is 1. The molecule has 5 rings (SSSR count). The minimum absolute atomic E-state index is 0.317. The highest BCUT2D eigenvalue weighted by Gasteiger charge is 2.14. The van der Waals surface area contributed by atoms with Gasteiger partial charge in [0.15, 0.2) is 0 Å². The summed E-state index contributed by atoms with van der Waals surface area (Å²) in [6, 6.07) is 10.0. The molecule has 0 aliphatic carbocycles. The van der Waals surface area contributed by atoms with Gasteiger partial charge in [-0.3, -0.25) is 4.98 Å². The Balaban J connectivity index is 1.56. The highest BCUT2D eigenvalue weighted by atomic mass is 16.4. The summed E-state index contributed by atoms with van der Waals surface area (Å²) < 4.78 is 7.69. The van der Waals surface area contributed by atoms with Crippen molar-refractivity contribution in [3.63, 3.8) is 0 Å². The zero-order valence-electron chi connectivity index (χ0n) is 15.8. The van der Waals surface area contributed by atoms with Crippen molar-refractivity contribution < 1.29 is 4.42 Å². The fourth-order valence-corrected chi connectivity index (χ4v) is 3.86. The molecule has 4 heterocycles. The summed E-state index contributed by atoms with van der Waals surface area (Å²) in [5.41, 5.74) is 4.70. The molecule has 0 amide bonds. The summed E-state index contributed by atoms with van der Waals surface area (Å²) in [4.78, 5) is 19.4. The molecular formula is C22H22N4O2. The van der Waals surface area contributed by atoms with Gasteiger partial charge in [0.25, 0.3) is 0 Å². The molecule has 0 unspecified atom stereocenters. The molecule has 28 heavy (non-hydrogen) atoms. The van der Waals surface area contributed by atoms with Crippen LogP contribution in [0.3, 0.4) is 0 Å². The zero-order chi connectivity index (χ0) is 19.1. The maximum Gasteiger partial charge on any atom is 0.344 e. The van der Waals surface area contributed by atoms with E-state index in [-0.39, 0.29) is 5.63 Å². The first kappa shape index (κ1) is 17.0. The summed E-state index contributed by atoms with van der Waals surface area (Å²) in [6.45, 7) is 5.92. The van der Waals surface area contributed by atoms with E-state index in [1.165, 1.54) is 0 Å². The van der Waals surface area contributed by atoms with E-state index in [0.717, 1.165) is 60.4 Å². The Labute approximate surface area is 162 Å². The topological polar surface area (TPSA) is 62.8 Å². The smallest absolute Gasteiger partial charge is 0.344 e. The van der Waals surface area contributed by atoms with Gasteiger partial charge in [-0.2, -0.15) is 0 Å². The van der Waals surface area contributed by atoms with E-state index in [2.05, 4.69) is 21.3 Å². The Hall–Kier alpha value is -3.12. The van der Waals surface area contributed by atoms with Crippen LogP contribution in [0.1, 0.15) is 12.1 Å². The SMILES string of the molecule is Cc1cn2cc(-c3cc4ccc(N5CCCNCC5)cc4oc3=O)cc2cn1. The molecule has 142 valence electrons. The molecule has 0 atom stereocenters. The number of anilines is 1. The van der Waals surface area contributed by atoms with E-state index in [1.807, 2.05) is 54.2 Å². The molecular weight excluding hydrogens is 352 g/mol. The minimum Gasteiger partial charge on any atom is -0.422 e. The highest BCUT2D eigenvalue weighted by Crippen LogP contribution is 2.26. The van der Waals surface area contributed by atoms with Crippen LogP contribution < -0.4 is 15.8 Å². The number of hydrogen-bond acceptors (Lipinski definition) is 5. The van der Waals surface area contributed by atoms with Crippen LogP contribution >= 0.6 is 0 Å². The first-order valence-electron chi connectivity index (χ1n) is 9.66. The van der Waals surface area contributed by atoms with Gasteiger partial charge in [-0.1, -0.05) is 0 Å². The lowest BCUT2D eigenvalue weighted by molar-refractivity contribution is 0.563. The lowest BCUT2D eigenvalue weighted by Gasteiger charge is -2.22. The van der Waals surface area contributed by atoms with Crippen molar-refractivity contribution in [2.24, 2.45) is 0 Å². The third-order valence-corrected chi connectivity index (χ3v) is 5.34. The lowest BCUT2D eigenvalue weighted by atomic mass is 10.1. The summed E-state index contributed by atoms with van der Waals surface area (Å²) in [7, 11) is 0. The average Bonchev–Trinajstić information content (AvgIpc) is 2.91. The minimum atomic E-state index is -0.317. The monoisotopic (exact) mass is 374 g/mol. The second-order valence-electron chi connectivity index (χ2n) is 7.35. The molecule has 3 aromatic heterocycles. The molecule has 1 fully saturated rings. The van der Waals surface area contributed by atoms with E-state index in [0.29, 0.717) is 11.1 Å². The molecule has 4 aromatic rings. The highest BCUT2D eigenvalue weighted by molar-refractivity contribution is 5.85. The fourth-order valence-electron chi connectivity index (χ4n) is 3.86. The number of nitrogens with zero attached hydrogens (tertiary/aromatic N) is 3. The maximum absolute atomic E-state index is 12.7. The fraction of sp³-hybridized carbons (Fsp3) is 0.273.